The first-order chi connectivity index (χ1) is 13.1. The van der Waals surface area contributed by atoms with Gasteiger partial charge in [0.2, 0.25) is 5.91 Å². The van der Waals surface area contributed by atoms with Crippen LogP contribution in [-0.4, -0.2) is 45.9 Å². The highest BCUT2D eigenvalue weighted by molar-refractivity contribution is 7.91. The smallest absolute Gasteiger partial charge is 0.253 e. The van der Waals surface area contributed by atoms with Crippen LogP contribution in [0.2, 0.25) is 4.34 Å². The molecule has 0 radical (unpaired) electrons. The number of thiophene rings is 1. The van der Waals surface area contributed by atoms with E-state index in [1.54, 1.807) is 12.1 Å². The van der Waals surface area contributed by atoms with Crippen LogP contribution in [-0.2, 0) is 24.7 Å². The predicted molar refractivity (Wildman–Crippen MR) is 109 cm³/mol. The largest absolute Gasteiger partial charge is 0.324 e. The van der Waals surface area contributed by atoms with Crippen LogP contribution in [0.25, 0.3) is 0 Å². The van der Waals surface area contributed by atoms with E-state index in [9.17, 15) is 21.6 Å². The van der Waals surface area contributed by atoms with Gasteiger partial charge in [0.1, 0.15) is 10.3 Å². The number of hydrogen-bond donors (Lipinski definition) is 1. The Morgan fingerprint density at radius 1 is 1.14 bits per heavy atom. The van der Waals surface area contributed by atoms with Gasteiger partial charge in [-0.25, -0.2) is 16.8 Å². The number of rotatable bonds is 5. The Labute approximate surface area is 173 Å². The molecule has 0 bridgehead atoms. The first kappa shape index (κ1) is 21.3. The molecular weight excluding hydrogens is 444 g/mol. The number of amides is 1. The van der Waals surface area contributed by atoms with Crippen LogP contribution in [0.1, 0.15) is 19.3 Å². The van der Waals surface area contributed by atoms with Crippen molar-refractivity contribution >= 4 is 54.4 Å². The molecule has 11 heteroatoms. The van der Waals surface area contributed by atoms with Crippen molar-refractivity contribution in [2.24, 2.45) is 0 Å². The van der Waals surface area contributed by atoms with Gasteiger partial charge in [-0.3, -0.25) is 4.79 Å². The van der Waals surface area contributed by atoms with Crippen LogP contribution in [0.5, 0.6) is 0 Å². The minimum atomic E-state index is -3.88. The van der Waals surface area contributed by atoms with Crippen molar-refractivity contribution in [3.63, 3.8) is 0 Å². The van der Waals surface area contributed by atoms with E-state index in [1.807, 2.05) is 0 Å². The van der Waals surface area contributed by atoms with Gasteiger partial charge in [-0.1, -0.05) is 30.2 Å². The number of halogens is 1. The predicted octanol–water partition coefficient (Wildman–Crippen LogP) is 2.99. The molecule has 1 N–H and O–H groups in total. The molecule has 1 unspecified atom stereocenters. The third kappa shape index (κ3) is 4.41. The van der Waals surface area contributed by atoms with E-state index in [1.165, 1.54) is 28.6 Å². The number of carbonyl (C=O) groups is 1. The number of para-hydroxylation sites is 1. The van der Waals surface area contributed by atoms with Gasteiger partial charge in [-0.15, -0.1) is 11.3 Å². The fraction of sp³-hybridized carbons (Fsp3) is 0.353. The molecule has 1 aliphatic heterocycles. The fourth-order valence-corrected chi connectivity index (χ4v) is 7.23. The molecule has 0 spiro atoms. The second kappa shape index (κ2) is 8.11. The number of benzene rings is 1. The highest BCUT2D eigenvalue weighted by atomic mass is 35.5. The summed E-state index contributed by atoms with van der Waals surface area (Å²) < 4.78 is 51.5. The summed E-state index contributed by atoms with van der Waals surface area (Å²) in [6, 6.07) is 8.04. The van der Waals surface area contributed by atoms with Crippen LogP contribution < -0.4 is 5.32 Å². The summed E-state index contributed by atoms with van der Waals surface area (Å²) in [6.07, 6.45) is 2.74. The van der Waals surface area contributed by atoms with Crippen LogP contribution in [0.15, 0.2) is 45.5 Å². The van der Waals surface area contributed by atoms with E-state index in [4.69, 9.17) is 11.6 Å². The summed E-state index contributed by atoms with van der Waals surface area (Å²) in [6.45, 7) is 0.212. The summed E-state index contributed by atoms with van der Waals surface area (Å²) in [5.41, 5.74) is 0.136. The average Bonchev–Trinajstić information content (AvgIpc) is 3.08. The first-order valence-electron chi connectivity index (χ1n) is 8.48. The van der Waals surface area contributed by atoms with Gasteiger partial charge in [-0.05, 0) is 37.1 Å². The first-order valence-corrected chi connectivity index (χ1v) is 13.0. The minimum Gasteiger partial charge on any atom is -0.324 e. The van der Waals surface area contributed by atoms with E-state index in [0.29, 0.717) is 23.6 Å². The summed E-state index contributed by atoms with van der Waals surface area (Å²) in [5, 5.41) is 2.60. The van der Waals surface area contributed by atoms with Gasteiger partial charge in [0.05, 0.1) is 14.9 Å². The van der Waals surface area contributed by atoms with Gasteiger partial charge >= 0.3 is 0 Å². The van der Waals surface area contributed by atoms with Crippen LogP contribution in [0.4, 0.5) is 5.69 Å². The van der Waals surface area contributed by atoms with Crippen LogP contribution >= 0.6 is 22.9 Å². The Morgan fingerprint density at radius 2 is 1.86 bits per heavy atom. The van der Waals surface area contributed by atoms with Crippen molar-refractivity contribution in [3.8, 4) is 0 Å². The highest BCUT2D eigenvalue weighted by Crippen LogP contribution is 2.32. The molecule has 0 saturated carbocycles. The van der Waals surface area contributed by atoms with Gasteiger partial charge in [0.15, 0.2) is 9.84 Å². The van der Waals surface area contributed by atoms with Gasteiger partial charge in [0.25, 0.3) is 10.0 Å². The van der Waals surface area contributed by atoms with E-state index >= 15 is 0 Å². The summed E-state index contributed by atoms with van der Waals surface area (Å²) in [4.78, 5) is 12.9. The van der Waals surface area contributed by atoms with Crippen molar-refractivity contribution in [2.75, 3.05) is 18.1 Å². The molecule has 7 nitrogen and oxygen atoms in total. The van der Waals surface area contributed by atoms with Crippen molar-refractivity contribution < 1.29 is 21.6 Å². The van der Waals surface area contributed by atoms with E-state index < -0.39 is 31.8 Å². The maximum absolute atomic E-state index is 13.0. The third-order valence-electron chi connectivity index (χ3n) is 4.41. The molecule has 2 heterocycles. The zero-order chi connectivity index (χ0) is 20.5. The summed E-state index contributed by atoms with van der Waals surface area (Å²) >= 11 is 6.81. The minimum absolute atomic E-state index is 0.0152. The highest BCUT2D eigenvalue weighted by Gasteiger charge is 2.38. The fourth-order valence-electron chi connectivity index (χ4n) is 3.12. The monoisotopic (exact) mass is 462 g/mol. The number of anilines is 1. The molecule has 28 heavy (non-hydrogen) atoms. The molecule has 1 aromatic heterocycles. The van der Waals surface area contributed by atoms with Crippen molar-refractivity contribution in [2.45, 2.75) is 34.4 Å². The quantitative estimate of drug-likeness (QED) is 0.736. The second-order valence-electron chi connectivity index (χ2n) is 6.44. The molecule has 0 aliphatic carbocycles. The number of piperidine rings is 1. The molecule has 1 fully saturated rings. The Morgan fingerprint density at radius 3 is 2.50 bits per heavy atom. The SMILES string of the molecule is CS(=O)(=O)c1ccccc1NC(=O)C1CCCCN1S(=O)(=O)c1ccc(Cl)s1. The number of nitrogens with one attached hydrogen (secondary N) is 1. The summed E-state index contributed by atoms with van der Waals surface area (Å²) in [5.74, 6) is -0.554. The number of hydrogen-bond acceptors (Lipinski definition) is 6. The van der Waals surface area contributed by atoms with Gasteiger partial charge in [-0.2, -0.15) is 4.31 Å². The van der Waals surface area contributed by atoms with E-state index in [-0.39, 0.29) is 21.3 Å². The lowest BCUT2D eigenvalue weighted by Gasteiger charge is -2.33. The second-order valence-corrected chi connectivity index (χ2v) is 12.3. The van der Waals surface area contributed by atoms with Crippen LogP contribution in [0, 0.1) is 0 Å². The number of sulfone groups is 1. The van der Waals surface area contributed by atoms with Gasteiger partial charge in [0, 0.05) is 12.8 Å². The number of carbonyl (C=O) groups excluding carboxylic acids is 1. The van der Waals surface area contributed by atoms with Crippen molar-refractivity contribution in [1.29, 1.82) is 0 Å². The molecule has 1 amide bonds. The normalized spacial score (nSPS) is 18.7. The zero-order valence-corrected chi connectivity index (χ0v) is 18.2. The molecule has 3 rings (SSSR count). The Kier molecular flexibility index (Phi) is 6.16. The Bertz CT molecular complexity index is 1100. The Hall–Kier alpha value is -1.46. The molecule has 1 aliphatic rings. The topological polar surface area (TPSA) is 101 Å². The molecule has 2 aromatic rings. The van der Waals surface area contributed by atoms with Crippen LogP contribution in [0.3, 0.4) is 0 Å². The van der Waals surface area contributed by atoms with Gasteiger partial charge < -0.3 is 5.32 Å². The molecule has 1 atom stereocenters. The lowest BCUT2D eigenvalue weighted by molar-refractivity contribution is -0.120. The molecule has 1 saturated heterocycles. The van der Waals surface area contributed by atoms with Crippen molar-refractivity contribution in [1.82, 2.24) is 4.31 Å². The van der Waals surface area contributed by atoms with E-state index in [0.717, 1.165) is 17.6 Å². The standard InChI is InChI=1S/C17H19ClN2O5S3/c1-27(22,23)14-8-3-2-6-12(14)19-17(21)13-7-4-5-11-20(13)28(24,25)16-10-9-15(18)26-16/h2-3,6,8-10,13H,4-5,7,11H2,1H3,(H,19,21). The molecule has 152 valence electrons. The molecular formula is C17H19ClN2O5S3. The maximum atomic E-state index is 13.0. The summed E-state index contributed by atoms with van der Waals surface area (Å²) in [7, 11) is -7.43. The number of nitrogens with zero attached hydrogens (tertiary/aromatic N) is 1. The molecule has 1 aromatic carbocycles. The maximum Gasteiger partial charge on any atom is 0.253 e. The lowest BCUT2D eigenvalue weighted by atomic mass is 10.0. The van der Waals surface area contributed by atoms with Crippen molar-refractivity contribution in [3.05, 3.63) is 40.7 Å². The average molecular weight is 463 g/mol. The number of sulfonamides is 1. The zero-order valence-electron chi connectivity index (χ0n) is 15.0. The third-order valence-corrected chi connectivity index (χ3v) is 9.17. The lowest BCUT2D eigenvalue weighted by Crippen LogP contribution is -2.49. The van der Waals surface area contributed by atoms with E-state index in [2.05, 4.69) is 5.32 Å². The Balaban J connectivity index is 1.90.